The molecule has 0 aliphatic heterocycles. The molecule has 0 saturated carbocycles. The third-order valence-corrected chi connectivity index (χ3v) is 2.74. The van der Waals surface area contributed by atoms with E-state index < -0.39 is 5.82 Å². The lowest BCUT2D eigenvalue weighted by molar-refractivity contribution is 0.0992. The molecule has 0 fully saturated rings. The van der Waals surface area contributed by atoms with Gasteiger partial charge in [-0.05, 0) is 35.1 Å². The van der Waals surface area contributed by atoms with Gasteiger partial charge in [-0.3, -0.25) is 4.79 Å². The van der Waals surface area contributed by atoms with Crippen LogP contribution in [0.2, 0.25) is 5.02 Å². The van der Waals surface area contributed by atoms with E-state index in [4.69, 9.17) is 11.6 Å². The fourth-order valence-electron chi connectivity index (χ4n) is 0.997. The Morgan fingerprint density at radius 2 is 2.29 bits per heavy atom. The number of rotatable bonds is 3. The number of carbonyl (C=O) groups is 1. The molecule has 14 heavy (non-hydrogen) atoms. The molecule has 0 unspecified atom stereocenters. The normalized spacial score (nSPS) is 10.3. The summed E-state index contributed by atoms with van der Waals surface area (Å²) in [6.07, 6.45) is 0. The molecule has 5 heteroatoms. The monoisotopic (exact) mass is 279 g/mol. The van der Waals surface area contributed by atoms with Crippen molar-refractivity contribution in [1.82, 2.24) is 5.32 Å². The molecule has 1 N–H and O–H groups in total. The largest absolute Gasteiger partial charge is 0.313 e. The third kappa shape index (κ3) is 2.32. The first-order chi connectivity index (χ1) is 6.57. The predicted octanol–water partition coefficient (Wildman–Crippen LogP) is 2.64. The van der Waals surface area contributed by atoms with E-state index >= 15 is 0 Å². The Hall–Kier alpha value is -0.450. The Balaban J connectivity index is 3.11. The van der Waals surface area contributed by atoms with E-state index in [-0.39, 0.29) is 21.8 Å². The smallest absolute Gasteiger partial charge is 0.177 e. The van der Waals surface area contributed by atoms with Gasteiger partial charge in [-0.2, -0.15) is 0 Å². The minimum atomic E-state index is -0.603. The number of halogens is 3. The van der Waals surface area contributed by atoms with Gasteiger partial charge in [0.1, 0.15) is 0 Å². The van der Waals surface area contributed by atoms with Gasteiger partial charge in [0.25, 0.3) is 0 Å². The summed E-state index contributed by atoms with van der Waals surface area (Å²) in [5, 5.41) is 2.70. The maximum Gasteiger partial charge on any atom is 0.177 e. The predicted molar refractivity (Wildman–Crippen MR) is 57.4 cm³/mol. The van der Waals surface area contributed by atoms with Gasteiger partial charge in [-0.25, -0.2) is 4.39 Å². The molecule has 0 aliphatic rings. The summed E-state index contributed by atoms with van der Waals surface area (Å²) >= 11 is 8.53. The van der Waals surface area contributed by atoms with Crippen LogP contribution >= 0.6 is 27.5 Å². The molecule has 0 heterocycles. The molecule has 1 aromatic rings. The van der Waals surface area contributed by atoms with Crippen LogP contribution in [0.5, 0.6) is 0 Å². The van der Waals surface area contributed by atoms with Crippen LogP contribution in [0.1, 0.15) is 10.4 Å². The van der Waals surface area contributed by atoms with Gasteiger partial charge in [-0.1, -0.05) is 11.6 Å². The summed E-state index contributed by atoms with van der Waals surface area (Å²) in [5.74, 6) is -0.788. The quantitative estimate of drug-likeness (QED) is 0.681. The molecule has 2 nitrogen and oxygen atoms in total. The molecule has 0 spiro atoms. The summed E-state index contributed by atoms with van der Waals surface area (Å²) in [5.41, 5.74) is 0.293. The second-order valence-electron chi connectivity index (χ2n) is 2.68. The second-order valence-corrected chi connectivity index (χ2v) is 3.88. The molecule has 0 bridgehead atoms. The molecule has 0 amide bonds. The summed E-state index contributed by atoms with van der Waals surface area (Å²) in [4.78, 5) is 11.4. The average molecular weight is 281 g/mol. The minimum Gasteiger partial charge on any atom is -0.313 e. The lowest BCUT2D eigenvalue weighted by Crippen LogP contribution is -2.19. The van der Waals surface area contributed by atoms with E-state index in [1.54, 1.807) is 7.05 Å². The van der Waals surface area contributed by atoms with Crippen LogP contribution < -0.4 is 5.32 Å². The summed E-state index contributed by atoms with van der Waals surface area (Å²) in [6.45, 7) is 0.166. The number of nitrogens with one attached hydrogen (secondary N) is 1. The van der Waals surface area contributed by atoms with E-state index in [2.05, 4.69) is 21.2 Å². The molecular formula is C9H8BrClFNO. The first-order valence-electron chi connectivity index (χ1n) is 3.89. The van der Waals surface area contributed by atoms with E-state index in [0.29, 0.717) is 5.56 Å². The van der Waals surface area contributed by atoms with Gasteiger partial charge in [-0.15, -0.1) is 0 Å². The van der Waals surface area contributed by atoms with Gasteiger partial charge < -0.3 is 5.32 Å². The van der Waals surface area contributed by atoms with Crippen LogP contribution in [0.3, 0.4) is 0 Å². The third-order valence-electron chi connectivity index (χ3n) is 1.67. The van der Waals surface area contributed by atoms with Crippen molar-refractivity contribution in [3.05, 3.63) is 33.0 Å². The van der Waals surface area contributed by atoms with Crippen LogP contribution in [0.25, 0.3) is 0 Å². The Kier molecular flexibility index (Phi) is 4.04. The highest BCUT2D eigenvalue weighted by atomic mass is 79.9. The minimum absolute atomic E-state index is 0.00196. The summed E-state index contributed by atoms with van der Waals surface area (Å²) < 4.78 is 13.4. The average Bonchev–Trinajstić information content (AvgIpc) is 2.15. The fourth-order valence-corrected chi connectivity index (χ4v) is 1.84. The molecule has 76 valence electrons. The Labute approximate surface area is 94.6 Å². The number of ketones is 1. The van der Waals surface area contributed by atoms with Crippen LogP contribution in [0.15, 0.2) is 16.6 Å². The maximum atomic E-state index is 13.2. The molecule has 0 atom stereocenters. The van der Waals surface area contributed by atoms with Crippen molar-refractivity contribution in [3.8, 4) is 0 Å². The Morgan fingerprint density at radius 3 is 2.86 bits per heavy atom. The van der Waals surface area contributed by atoms with Crippen molar-refractivity contribution >= 4 is 33.3 Å². The Morgan fingerprint density at radius 1 is 1.64 bits per heavy atom. The van der Waals surface area contributed by atoms with Crippen molar-refractivity contribution in [1.29, 1.82) is 0 Å². The zero-order valence-electron chi connectivity index (χ0n) is 7.40. The van der Waals surface area contributed by atoms with Gasteiger partial charge in [0, 0.05) is 5.56 Å². The number of likely N-dealkylation sites (N-methyl/N-ethyl adjacent to an activating group) is 1. The van der Waals surface area contributed by atoms with Crippen molar-refractivity contribution in [2.75, 3.05) is 13.6 Å². The van der Waals surface area contributed by atoms with Gasteiger partial charge in [0.2, 0.25) is 0 Å². The van der Waals surface area contributed by atoms with Crippen LogP contribution in [0, 0.1) is 5.82 Å². The highest BCUT2D eigenvalue weighted by molar-refractivity contribution is 9.10. The Bertz CT molecular complexity index is 370. The molecule has 1 rings (SSSR count). The number of carbonyl (C=O) groups excluding carboxylic acids is 1. The molecular weight excluding hydrogens is 272 g/mol. The number of benzene rings is 1. The first kappa shape index (κ1) is 11.6. The first-order valence-corrected chi connectivity index (χ1v) is 5.06. The van der Waals surface area contributed by atoms with Crippen molar-refractivity contribution in [2.45, 2.75) is 0 Å². The standard InChI is InChI=1S/C9H8BrClFNO/c1-13-4-7(14)5-2-3-6(11)9(12)8(5)10/h2-3,13H,4H2,1H3. The highest BCUT2D eigenvalue weighted by Crippen LogP contribution is 2.26. The zero-order chi connectivity index (χ0) is 10.7. The summed E-state index contributed by atoms with van der Waals surface area (Å²) in [6, 6.07) is 2.86. The highest BCUT2D eigenvalue weighted by Gasteiger charge is 2.14. The van der Waals surface area contributed by atoms with Gasteiger partial charge in [0.05, 0.1) is 16.0 Å². The lowest BCUT2D eigenvalue weighted by atomic mass is 10.1. The number of hydrogen-bond donors (Lipinski definition) is 1. The van der Waals surface area contributed by atoms with Crippen molar-refractivity contribution < 1.29 is 9.18 Å². The van der Waals surface area contributed by atoms with E-state index in [1.807, 2.05) is 0 Å². The zero-order valence-corrected chi connectivity index (χ0v) is 9.75. The summed E-state index contributed by atoms with van der Waals surface area (Å²) in [7, 11) is 1.65. The molecule has 0 saturated heterocycles. The van der Waals surface area contributed by atoms with Gasteiger partial charge in [0.15, 0.2) is 11.6 Å². The lowest BCUT2D eigenvalue weighted by Gasteiger charge is -2.05. The van der Waals surface area contributed by atoms with Crippen molar-refractivity contribution in [3.63, 3.8) is 0 Å². The number of hydrogen-bond acceptors (Lipinski definition) is 2. The van der Waals surface area contributed by atoms with E-state index in [9.17, 15) is 9.18 Å². The second kappa shape index (κ2) is 4.87. The van der Waals surface area contributed by atoms with E-state index in [1.165, 1.54) is 12.1 Å². The molecule has 0 aliphatic carbocycles. The molecule has 1 aromatic carbocycles. The van der Waals surface area contributed by atoms with Gasteiger partial charge >= 0.3 is 0 Å². The van der Waals surface area contributed by atoms with Crippen LogP contribution in [-0.2, 0) is 0 Å². The fraction of sp³-hybridized carbons (Fsp3) is 0.222. The topological polar surface area (TPSA) is 29.1 Å². The number of Topliss-reactive ketones (excluding diaryl/α,β-unsaturated/α-hetero) is 1. The SMILES string of the molecule is CNCC(=O)c1ccc(Cl)c(F)c1Br. The molecule has 0 radical (unpaired) electrons. The van der Waals surface area contributed by atoms with Crippen LogP contribution in [-0.4, -0.2) is 19.4 Å². The molecule has 0 aromatic heterocycles. The van der Waals surface area contributed by atoms with Crippen molar-refractivity contribution in [2.24, 2.45) is 0 Å². The maximum absolute atomic E-state index is 13.2. The van der Waals surface area contributed by atoms with E-state index in [0.717, 1.165) is 0 Å². The van der Waals surface area contributed by atoms with Crippen LogP contribution in [0.4, 0.5) is 4.39 Å².